The van der Waals surface area contributed by atoms with Gasteiger partial charge in [0.05, 0.1) is 6.20 Å². The average molecular weight is 316 g/mol. The summed E-state index contributed by atoms with van der Waals surface area (Å²) in [5.41, 5.74) is 0. The van der Waals surface area contributed by atoms with Crippen LogP contribution in [0, 0.1) is 5.92 Å². The average Bonchev–Trinajstić information content (AvgIpc) is 2.83. The Bertz CT molecular complexity index is 523. The molecule has 0 saturated carbocycles. The van der Waals surface area contributed by atoms with Crippen molar-refractivity contribution in [1.29, 1.82) is 0 Å². The van der Waals surface area contributed by atoms with Gasteiger partial charge < -0.3 is 5.32 Å². The maximum absolute atomic E-state index is 12.2. The highest BCUT2D eigenvalue weighted by atomic mass is 32.2. The third-order valence-electron chi connectivity index (χ3n) is 3.38. The predicted molar refractivity (Wildman–Crippen MR) is 84.6 cm³/mol. The summed E-state index contributed by atoms with van der Waals surface area (Å²) in [5, 5.41) is 7.44. The van der Waals surface area contributed by atoms with Crippen LogP contribution in [0.3, 0.4) is 0 Å². The Morgan fingerprint density at radius 1 is 1.24 bits per heavy atom. The third-order valence-corrected chi connectivity index (χ3v) is 4.89. The topological polar surface area (TPSA) is 76.0 Å². The van der Waals surface area contributed by atoms with Crippen molar-refractivity contribution < 1.29 is 8.42 Å². The highest BCUT2D eigenvalue weighted by molar-refractivity contribution is 7.89. The van der Waals surface area contributed by atoms with Gasteiger partial charge in [0.15, 0.2) is 0 Å². The monoisotopic (exact) mass is 316 g/mol. The number of rotatable bonds is 9. The van der Waals surface area contributed by atoms with Gasteiger partial charge in [-0.3, -0.25) is 4.68 Å². The van der Waals surface area contributed by atoms with Gasteiger partial charge in [-0.25, -0.2) is 13.1 Å². The fourth-order valence-corrected chi connectivity index (χ4v) is 3.03. The van der Waals surface area contributed by atoms with Crippen LogP contribution >= 0.6 is 0 Å². The Morgan fingerprint density at radius 2 is 1.90 bits per heavy atom. The van der Waals surface area contributed by atoms with Gasteiger partial charge in [0.25, 0.3) is 0 Å². The third kappa shape index (κ3) is 6.15. The van der Waals surface area contributed by atoms with Crippen molar-refractivity contribution in [2.45, 2.75) is 64.6 Å². The molecule has 0 amide bonds. The van der Waals surface area contributed by atoms with Crippen molar-refractivity contribution >= 4 is 10.0 Å². The summed E-state index contributed by atoms with van der Waals surface area (Å²) in [6, 6.07) is 0.355. The van der Waals surface area contributed by atoms with Crippen molar-refractivity contribution in [2.24, 2.45) is 5.92 Å². The van der Waals surface area contributed by atoms with Gasteiger partial charge in [-0.15, -0.1) is 0 Å². The van der Waals surface area contributed by atoms with E-state index in [2.05, 4.69) is 29.0 Å². The first-order chi connectivity index (χ1) is 9.72. The fourth-order valence-electron chi connectivity index (χ4n) is 1.69. The second kappa shape index (κ2) is 7.91. The summed E-state index contributed by atoms with van der Waals surface area (Å²) < 4.78 is 28.8. The molecule has 6 nitrogen and oxygen atoms in total. The zero-order chi connectivity index (χ0) is 16.0. The lowest BCUT2D eigenvalue weighted by Gasteiger charge is -2.16. The number of sulfonamides is 1. The molecule has 0 aliphatic heterocycles. The number of aromatic nitrogens is 2. The van der Waals surface area contributed by atoms with Crippen molar-refractivity contribution in [2.75, 3.05) is 6.54 Å². The van der Waals surface area contributed by atoms with Crippen LogP contribution in [0.15, 0.2) is 17.3 Å². The van der Waals surface area contributed by atoms with Gasteiger partial charge in [-0.2, -0.15) is 5.10 Å². The van der Waals surface area contributed by atoms with E-state index < -0.39 is 10.0 Å². The molecule has 1 unspecified atom stereocenters. The lowest BCUT2D eigenvalue weighted by Crippen LogP contribution is -2.35. The van der Waals surface area contributed by atoms with Crippen LogP contribution in [0.4, 0.5) is 0 Å². The Kier molecular flexibility index (Phi) is 6.83. The second-order valence-electron chi connectivity index (χ2n) is 6.06. The van der Waals surface area contributed by atoms with Gasteiger partial charge in [0, 0.05) is 24.8 Å². The van der Waals surface area contributed by atoms with Crippen LogP contribution in [-0.2, 0) is 16.6 Å². The number of aryl methyl sites for hydroxylation is 1. The normalized spacial score (nSPS) is 14.0. The van der Waals surface area contributed by atoms with Crippen LogP contribution < -0.4 is 10.0 Å². The van der Waals surface area contributed by atoms with Gasteiger partial charge >= 0.3 is 0 Å². The molecule has 1 rings (SSSR count). The largest absolute Gasteiger partial charge is 0.314 e. The number of nitrogens with zero attached hydrogens (tertiary/aromatic N) is 2. The molecule has 0 radical (unpaired) electrons. The SMILES string of the molecule is CC(C)NCCCn1cc(S(=O)(=O)NC(C)C(C)C)cn1. The second-order valence-corrected chi connectivity index (χ2v) is 7.77. The Balaban J connectivity index is 2.57. The standard InChI is InChI=1S/C14H28N4O2S/c1-11(2)13(5)17-21(19,20)14-9-16-18(10-14)8-6-7-15-12(3)4/h9-13,15,17H,6-8H2,1-5H3. The molecular formula is C14H28N4O2S. The van der Waals surface area contributed by atoms with E-state index in [9.17, 15) is 8.42 Å². The smallest absolute Gasteiger partial charge is 0.243 e. The molecule has 2 N–H and O–H groups in total. The van der Waals surface area contributed by atoms with E-state index in [1.54, 1.807) is 10.9 Å². The lowest BCUT2D eigenvalue weighted by molar-refractivity contribution is 0.476. The molecule has 21 heavy (non-hydrogen) atoms. The van der Waals surface area contributed by atoms with Crippen molar-refractivity contribution in [3.05, 3.63) is 12.4 Å². The molecule has 1 aromatic heterocycles. The van der Waals surface area contributed by atoms with Gasteiger partial charge in [0.2, 0.25) is 10.0 Å². The number of hydrogen-bond acceptors (Lipinski definition) is 4. The maximum Gasteiger partial charge on any atom is 0.243 e. The first-order valence-electron chi connectivity index (χ1n) is 7.50. The summed E-state index contributed by atoms with van der Waals surface area (Å²) >= 11 is 0. The van der Waals surface area contributed by atoms with Crippen LogP contribution in [0.1, 0.15) is 41.0 Å². The summed E-state index contributed by atoms with van der Waals surface area (Å²) in [4.78, 5) is 0.229. The lowest BCUT2D eigenvalue weighted by atomic mass is 10.1. The first-order valence-corrected chi connectivity index (χ1v) is 8.99. The highest BCUT2D eigenvalue weighted by Gasteiger charge is 2.20. The number of hydrogen-bond donors (Lipinski definition) is 2. The molecule has 122 valence electrons. The minimum atomic E-state index is -3.48. The van der Waals surface area contributed by atoms with Gasteiger partial charge in [0.1, 0.15) is 4.90 Å². The Hall–Kier alpha value is -0.920. The molecule has 1 atom stereocenters. The van der Waals surface area contributed by atoms with Crippen LogP contribution in [0.5, 0.6) is 0 Å². The minimum absolute atomic E-state index is 0.103. The van der Waals surface area contributed by atoms with E-state index in [-0.39, 0.29) is 16.9 Å². The molecule has 0 saturated heterocycles. The molecule has 7 heteroatoms. The van der Waals surface area contributed by atoms with Crippen LogP contribution in [0.25, 0.3) is 0 Å². The Morgan fingerprint density at radius 3 is 2.48 bits per heavy atom. The van der Waals surface area contributed by atoms with E-state index in [1.807, 2.05) is 20.8 Å². The molecular weight excluding hydrogens is 288 g/mol. The molecule has 0 spiro atoms. The molecule has 0 aliphatic carbocycles. The van der Waals surface area contributed by atoms with Gasteiger partial charge in [-0.05, 0) is 25.8 Å². The Labute approximate surface area is 128 Å². The summed E-state index contributed by atoms with van der Waals surface area (Å²) in [7, 11) is -3.48. The highest BCUT2D eigenvalue weighted by Crippen LogP contribution is 2.10. The summed E-state index contributed by atoms with van der Waals surface area (Å²) in [6.07, 6.45) is 3.91. The van der Waals surface area contributed by atoms with E-state index in [4.69, 9.17) is 0 Å². The number of nitrogens with one attached hydrogen (secondary N) is 2. The quantitative estimate of drug-likeness (QED) is 0.678. The molecule has 0 aromatic carbocycles. The van der Waals surface area contributed by atoms with E-state index >= 15 is 0 Å². The minimum Gasteiger partial charge on any atom is -0.314 e. The molecule has 0 aliphatic rings. The molecule has 1 heterocycles. The van der Waals surface area contributed by atoms with Crippen LogP contribution in [-0.4, -0.2) is 36.8 Å². The van der Waals surface area contributed by atoms with E-state index in [0.717, 1.165) is 13.0 Å². The summed E-state index contributed by atoms with van der Waals surface area (Å²) in [6.45, 7) is 11.6. The maximum atomic E-state index is 12.2. The zero-order valence-corrected chi connectivity index (χ0v) is 14.4. The molecule has 0 fully saturated rings. The van der Waals surface area contributed by atoms with E-state index in [0.29, 0.717) is 12.6 Å². The first kappa shape index (κ1) is 18.1. The van der Waals surface area contributed by atoms with E-state index in [1.165, 1.54) is 6.20 Å². The summed E-state index contributed by atoms with van der Waals surface area (Å²) in [5.74, 6) is 0.247. The predicted octanol–water partition coefficient (Wildman–Crippen LogP) is 1.59. The van der Waals surface area contributed by atoms with Crippen molar-refractivity contribution in [1.82, 2.24) is 19.8 Å². The molecule has 0 bridgehead atoms. The fraction of sp³-hybridized carbons (Fsp3) is 0.786. The van der Waals surface area contributed by atoms with Crippen molar-refractivity contribution in [3.63, 3.8) is 0 Å². The zero-order valence-electron chi connectivity index (χ0n) is 13.6. The van der Waals surface area contributed by atoms with Gasteiger partial charge in [-0.1, -0.05) is 27.7 Å². The van der Waals surface area contributed by atoms with Crippen LogP contribution in [0.2, 0.25) is 0 Å². The van der Waals surface area contributed by atoms with Crippen molar-refractivity contribution in [3.8, 4) is 0 Å². The molecule has 1 aromatic rings.